The summed E-state index contributed by atoms with van der Waals surface area (Å²) in [5.41, 5.74) is -0.302. The maximum absolute atomic E-state index is 13.5. The van der Waals surface area contributed by atoms with E-state index in [0.29, 0.717) is 0 Å². The molecule has 2 N–H and O–H groups in total. The molecule has 0 spiro atoms. The fourth-order valence-electron chi connectivity index (χ4n) is 1.38. The lowest BCUT2D eigenvalue weighted by Gasteiger charge is -2.04. The zero-order valence-electron chi connectivity index (χ0n) is 9.76. The van der Waals surface area contributed by atoms with Crippen LogP contribution in [-0.2, 0) is 11.2 Å². The molecule has 6 nitrogen and oxygen atoms in total. The van der Waals surface area contributed by atoms with Crippen LogP contribution in [0.4, 0.5) is 9.52 Å². The van der Waals surface area contributed by atoms with Crippen LogP contribution in [0.25, 0.3) is 0 Å². The van der Waals surface area contributed by atoms with Gasteiger partial charge in [0.2, 0.25) is 5.13 Å². The molecule has 0 radical (unpaired) electrons. The van der Waals surface area contributed by atoms with Gasteiger partial charge in [-0.3, -0.25) is 14.9 Å². The molecule has 0 aliphatic carbocycles. The first-order valence-corrected chi connectivity index (χ1v) is 6.46. The SMILES string of the molecule is O=C(O)Cc1nnc(NC(=O)c2c(F)cccc2Cl)s1. The number of carboxylic acid groups (broad SMARTS) is 1. The number of halogens is 2. The van der Waals surface area contributed by atoms with Gasteiger partial charge in [0.25, 0.3) is 5.91 Å². The van der Waals surface area contributed by atoms with E-state index in [1.165, 1.54) is 12.1 Å². The first-order chi connectivity index (χ1) is 9.47. The van der Waals surface area contributed by atoms with Crippen molar-refractivity contribution in [2.75, 3.05) is 5.32 Å². The van der Waals surface area contributed by atoms with Crippen molar-refractivity contribution in [2.24, 2.45) is 0 Å². The molecule has 0 bridgehead atoms. The number of anilines is 1. The highest BCUT2D eigenvalue weighted by molar-refractivity contribution is 7.15. The summed E-state index contributed by atoms with van der Waals surface area (Å²) in [6.07, 6.45) is -0.298. The molecule has 9 heteroatoms. The Morgan fingerprint density at radius 2 is 2.15 bits per heavy atom. The molecular formula is C11H7ClFN3O3S. The van der Waals surface area contributed by atoms with Crippen molar-refractivity contribution in [3.05, 3.63) is 39.6 Å². The van der Waals surface area contributed by atoms with Crippen molar-refractivity contribution in [1.29, 1.82) is 0 Å². The highest BCUT2D eigenvalue weighted by atomic mass is 35.5. The Balaban J connectivity index is 2.16. The Morgan fingerprint density at radius 1 is 1.40 bits per heavy atom. The zero-order chi connectivity index (χ0) is 14.7. The Labute approximate surface area is 121 Å². The van der Waals surface area contributed by atoms with E-state index in [1.54, 1.807) is 0 Å². The highest BCUT2D eigenvalue weighted by Gasteiger charge is 2.18. The fourth-order valence-corrected chi connectivity index (χ4v) is 2.35. The van der Waals surface area contributed by atoms with Crippen LogP contribution in [0.1, 0.15) is 15.4 Å². The molecule has 1 amide bonds. The van der Waals surface area contributed by atoms with Crippen LogP contribution in [0.5, 0.6) is 0 Å². The number of carbonyl (C=O) groups excluding carboxylic acids is 1. The fraction of sp³-hybridized carbons (Fsp3) is 0.0909. The molecule has 0 aliphatic rings. The number of aromatic nitrogens is 2. The summed E-state index contributed by atoms with van der Waals surface area (Å²) in [6.45, 7) is 0. The summed E-state index contributed by atoms with van der Waals surface area (Å²) in [6, 6.07) is 3.87. The summed E-state index contributed by atoms with van der Waals surface area (Å²) in [5, 5.41) is 18.4. The van der Waals surface area contributed by atoms with Gasteiger partial charge in [-0.05, 0) is 12.1 Å². The van der Waals surface area contributed by atoms with Gasteiger partial charge < -0.3 is 5.11 Å². The van der Waals surface area contributed by atoms with Gasteiger partial charge in [-0.15, -0.1) is 10.2 Å². The van der Waals surface area contributed by atoms with Gasteiger partial charge in [0.1, 0.15) is 10.8 Å². The monoisotopic (exact) mass is 315 g/mol. The molecule has 0 saturated carbocycles. The van der Waals surface area contributed by atoms with E-state index in [0.717, 1.165) is 17.4 Å². The van der Waals surface area contributed by atoms with Gasteiger partial charge in [-0.1, -0.05) is 29.0 Å². The minimum absolute atomic E-state index is 0.0298. The van der Waals surface area contributed by atoms with E-state index in [-0.39, 0.29) is 27.1 Å². The van der Waals surface area contributed by atoms with Crippen LogP contribution in [0.3, 0.4) is 0 Å². The second-order valence-corrected chi connectivity index (χ2v) is 5.09. The molecule has 2 aromatic rings. The van der Waals surface area contributed by atoms with Gasteiger partial charge in [0.15, 0.2) is 0 Å². The van der Waals surface area contributed by atoms with Crippen molar-refractivity contribution in [2.45, 2.75) is 6.42 Å². The summed E-state index contributed by atoms with van der Waals surface area (Å²) >= 11 is 6.65. The van der Waals surface area contributed by atoms with Crippen LogP contribution in [0.2, 0.25) is 5.02 Å². The third-order valence-electron chi connectivity index (χ3n) is 2.18. The summed E-state index contributed by atoms with van der Waals surface area (Å²) in [5.74, 6) is -2.59. The summed E-state index contributed by atoms with van der Waals surface area (Å²) in [4.78, 5) is 22.4. The normalized spacial score (nSPS) is 10.3. The van der Waals surface area contributed by atoms with Crippen molar-refractivity contribution in [3.8, 4) is 0 Å². The molecule has 20 heavy (non-hydrogen) atoms. The zero-order valence-corrected chi connectivity index (χ0v) is 11.3. The third kappa shape index (κ3) is 3.28. The molecule has 0 saturated heterocycles. The van der Waals surface area contributed by atoms with E-state index in [9.17, 15) is 14.0 Å². The predicted molar refractivity (Wildman–Crippen MR) is 70.6 cm³/mol. The second kappa shape index (κ2) is 5.93. The number of aliphatic carboxylic acids is 1. The van der Waals surface area contributed by atoms with Crippen molar-refractivity contribution >= 4 is 39.9 Å². The van der Waals surface area contributed by atoms with Gasteiger partial charge in [0.05, 0.1) is 17.0 Å². The average Bonchev–Trinajstić information content (AvgIpc) is 2.75. The van der Waals surface area contributed by atoms with Crippen LogP contribution >= 0.6 is 22.9 Å². The highest BCUT2D eigenvalue weighted by Crippen LogP contribution is 2.22. The van der Waals surface area contributed by atoms with E-state index >= 15 is 0 Å². The van der Waals surface area contributed by atoms with E-state index in [4.69, 9.17) is 16.7 Å². The number of benzene rings is 1. The lowest BCUT2D eigenvalue weighted by Crippen LogP contribution is -2.14. The van der Waals surface area contributed by atoms with Crippen molar-refractivity contribution in [3.63, 3.8) is 0 Å². The maximum atomic E-state index is 13.5. The first kappa shape index (κ1) is 14.4. The van der Waals surface area contributed by atoms with Crippen LogP contribution in [0, 0.1) is 5.82 Å². The molecule has 1 heterocycles. The first-order valence-electron chi connectivity index (χ1n) is 5.27. The molecule has 0 fully saturated rings. The topological polar surface area (TPSA) is 92.2 Å². The number of nitrogens with zero attached hydrogens (tertiary/aromatic N) is 2. The van der Waals surface area contributed by atoms with Crippen molar-refractivity contribution in [1.82, 2.24) is 10.2 Å². The third-order valence-corrected chi connectivity index (χ3v) is 3.33. The molecule has 104 valence electrons. The summed E-state index contributed by atoms with van der Waals surface area (Å²) in [7, 11) is 0. The Kier molecular flexibility index (Phi) is 4.26. The lowest BCUT2D eigenvalue weighted by atomic mass is 10.2. The lowest BCUT2D eigenvalue weighted by molar-refractivity contribution is -0.136. The number of nitrogens with one attached hydrogen (secondary N) is 1. The number of amides is 1. The van der Waals surface area contributed by atoms with E-state index < -0.39 is 17.7 Å². The predicted octanol–water partition coefficient (Wildman–Crippen LogP) is 2.21. The van der Waals surface area contributed by atoms with Crippen LogP contribution < -0.4 is 5.32 Å². The van der Waals surface area contributed by atoms with E-state index in [1.807, 2.05) is 0 Å². The Morgan fingerprint density at radius 3 is 2.80 bits per heavy atom. The van der Waals surface area contributed by atoms with Gasteiger partial charge in [-0.25, -0.2) is 4.39 Å². The molecule has 1 aromatic heterocycles. The molecule has 1 aromatic carbocycles. The smallest absolute Gasteiger partial charge is 0.310 e. The molecule has 0 atom stereocenters. The van der Waals surface area contributed by atoms with Crippen molar-refractivity contribution < 1.29 is 19.1 Å². The van der Waals surface area contributed by atoms with Gasteiger partial charge >= 0.3 is 5.97 Å². The maximum Gasteiger partial charge on any atom is 0.310 e. The van der Waals surface area contributed by atoms with Crippen LogP contribution in [0.15, 0.2) is 18.2 Å². The van der Waals surface area contributed by atoms with Gasteiger partial charge in [-0.2, -0.15) is 0 Å². The standard InChI is InChI=1S/C11H7ClFN3O3S/c12-5-2-1-3-6(13)9(5)10(19)14-11-16-15-7(20-11)4-8(17)18/h1-3H,4H2,(H,17,18)(H,14,16,19). The second-order valence-electron chi connectivity index (χ2n) is 3.62. The number of rotatable bonds is 4. The average molecular weight is 316 g/mol. The van der Waals surface area contributed by atoms with Gasteiger partial charge in [0, 0.05) is 0 Å². The number of carbonyl (C=O) groups is 2. The molecule has 2 rings (SSSR count). The Bertz CT molecular complexity index is 656. The Hall–Kier alpha value is -2.06. The van der Waals surface area contributed by atoms with E-state index in [2.05, 4.69) is 15.5 Å². The minimum atomic E-state index is -1.06. The largest absolute Gasteiger partial charge is 0.481 e. The quantitative estimate of drug-likeness (QED) is 0.902. The summed E-state index contributed by atoms with van der Waals surface area (Å²) < 4.78 is 13.5. The molecule has 0 aliphatic heterocycles. The number of hydrogen-bond acceptors (Lipinski definition) is 5. The molecular weight excluding hydrogens is 309 g/mol. The van der Waals surface area contributed by atoms with Crippen LogP contribution in [-0.4, -0.2) is 27.2 Å². The minimum Gasteiger partial charge on any atom is -0.481 e. The molecule has 0 unspecified atom stereocenters. The number of hydrogen-bond donors (Lipinski definition) is 2. The number of carboxylic acids is 1.